The van der Waals surface area contributed by atoms with Crippen molar-refractivity contribution in [2.45, 2.75) is 13.3 Å². The first-order valence-corrected chi connectivity index (χ1v) is 7.76. The number of anilines is 2. The van der Waals surface area contributed by atoms with E-state index < -0.39 is 0 Å². The number of aromatic nitrogens is 2. The molecule has 0 atom stereocenters. The van der Waals surface area contributed by atoms with E-state index in [1.165, 1.54) is 0 Å². The van der Waals surface area contributed by atoms with Crippen LogP contribution in [0.3, 0.4) is 0 Å². The molecule has 0 bridgehead atoms. The quantitative estimate of drug-likeness (QED) is 0.745. The fraction of sp³-hybridized carbons (Fsp3) is 0.111. The smallest absolute Gasteiger partial charge is 0.322 e. The van der Waals surface area contributed by atoms with Crippen LogP contribution in [-0.2, 0) is 4.79 Å². The van der Waals surface area contributed by atoms with Crippen LogP contribution >= 0.6 is 0 Å². The number of nitrogens with zero attached hydrogens (tertiary/aromatic N) is 2. The van der Waals surface area contributed by atoms with E-state index in [1.807, 2.05) is 30.3 Å². The van der Waals surface area contributed by atoms with Crippen molar-refractivity contribution in [2.24, 2.45) is 0 Å². The number of hydrogen-bond donors (Lipinski definition) is 2. The zero-order valence-corrected chi connectivity index (χ0v) is 13.5. The molecule has 0 aliphatic rings. The molecule has 0 radical (unpaired) electrons. The molecule has 1 heterocycles. The topological polar surface area (TPSA) is 97.1 Å². The first-order chi connectivity index (χ1) is 12.2. The molecule has 2 aromatic carbocycles. The van der Waals surface area contributed by atoms with E-state index in [-0.39, 0.29) is 17.8 Å². The maximum absolute atomic E-state index is 12.2. The standard InChI is InChI=1S/C18H16N4O3/c1-2-15(23)19-14-10-8-12(9-11-14)16(24)20-18-22-21-17(25-18)13-6-4-3-5-7-13/h3-11H,2H2,1H3,(H,19,23)(H,20,22,24). The third-order valence-corrected chi connectivity index (χ3v) is 3.42. The Morgan fingerprint density at radius 1 is 0.960 bits per heavy atom. The number of amides is 2. The average Bonchev–Trinajstić information content (AvgIpc) is 3.11. The van der Waals surface area contributed by atoms with Crippen LogP contribution in [0.1, 0.15) is 23.7 Å². The van der Waals surface area contributed by atoms with Crippen LogP contribution in [0.25, 0.3) is 11.5 Å². The van der Waals surface area contributed by atoms with Gasteiger partial charge in [0.2, 0.25) is 11.8 Å². The Morgan fingerprint density at radius 2 is 1.68 bits per heavy atom. The lowest BCUT2D eigenvalue weighted by atomic mass is 10.2. The molecule has 3 rings (SSSR count). The molecule has 0 spiro atoms. The molecule has 0 aliphatic carbocycles. The number of rotatable bonds is 5. The molecule has 7 heteroatoms. The SMILES string of the molecule is CCC(=O)Nc1ccc(C(=O)Nc2nnc(-c3ccccc3)o2)cc1. The van der Waals surface area contributed by atoms with Crippen LogP contribution in [0.4, 0.5) is 11.7 Å². The summed E-state index contributed by atoms with van der Waals surface area (Å²) >= 11 is 0. The summed E-state index contributed by atoms with van der Waals surface area (Å²) in [5.41, 5.74) is 1.81. The Kier molecular flexibility index (Phi) is 4.84. The average molecular weight is 336 g/mol. The highest BCUT2D eigenvalue weighted by atomic mass is 16.4. The highest BCUT2D eigenvalue weighted by Crippen LogP contribution is 2.19. The van der Waals surface area contributed by atoms with E-state index in [2.05, 4.69) is 20.8 Å². The second-order valence-corrected chi connectivity index (χ2v) is 5.21. The molecule has 0 saturated heterocycles. The number of nitrogens with one attached hydrogen (secondary N) is 2. The molecular weight excluding hydrogens is 320 g/mol. The van der Waals surface area contributed by atoms with Crippen LogP contribution in [0.2, 0.25) is 0 Å². The van der Waals surface area contributed by atoms with Gasteiger partial charge in [-0.05, 0) is 36.4 Å². The zero-order chi connectivity index (χ0) is 17.6. The van der Waals surface area contributed by atoms with Gasteiger partial charge in [0.15, 0.2) is 0 Å². The van der Waals surface area contributed by atoms with Crippen LogP contribution in [-0.4, -0.2) is 22.0 Å². The van der Waals surface area contributed by atoms with E-state index in [9.17, 15) is 9.59 Å². The molecule has 25 heavy (non-hydrogen) atoms. The molecule has 1 aromatic heterocycles. The minimum atomic E-state index is -0.378. The predicted octanol–water partition coefficient (Wildman–Crippen LogP) is 3.34. The molecule has 2 amide bonds. The van der Waals surface area contributed by atoms with Crippen LogP contribution < -0.4 is 10.6 Å². The third kappa shape index (κ3) is 4.08. The van der Waals surface area contributed by atoms with E-state index in [1.54, 1.807) is 31.2 Å². The van der Waals surface area contributed by atoms with E-state index in [0.29, 0.717) is 23.6 Å². The molecule has 2 N–H and O–H groups in total. The van der Waals surface area contributed by atoms with Crippen molar-refractivity contribution in [1.29, 1.82) is 0 Å². The molecular formula is C18H16N4O3. The summed E-state index contributed by atoms with van der Waals surface area (Å²) in [6.45, 7) is 1.77. The lowest BCUT2D eigenvalue weighted by Gasteiger charge is -2.05. The highest BCUT2D eigenvalue weighted by molar-refractivity contribution is 6.03. The molecule has 0 aliphatic heterocycles. The molecule has 0 fully saturated rings. The second kappa shape index (κ2) is 7.39. The molecule has 0 saturated carbocycles. The lowest BCUT2D eigenvalue weighted by molar-refractivity contribution is -0.115. The van der Waals surface area contributed by atoms with Gasteiger partial charge < -0.3 is 9.73 Å². The normalized spacial score (nSPS) is 10.3. The monoisotopic (exact) mass is 336 g/mol. The zero-order valence-electron chi connectivity index (χ0n) is 13.5. The Morgan fingerprint density at radius 3 is 2.36 bits per heavy atom. The first kappa shape index (κ1) is 16.4. The molecule has 126 valence electrons. The Labute approximate surface area is 144 Å². The van der Waals surface area contributed by atoms with Gasteiger partial charge in [0.05, 0.1) is 0 Å². The van der Waals surface area contributed by atoms with Crippen molar-refractivity contribution in [3.63, 3.8) is 0 Å². The second-order valence-electron chi connectivity index (χ2n) is 5.21. The molecule has 0 unspecified atom stereocenters. The summed E-state index contributed by atoms with van der Waals surface area (Å²) in [6, 6.07) is 15.8. The summed E-state index contributed by atoms with van der Waals surface area (Å²) in [7, 11) is 0. The summed E-state index contributed by atoms with van der Waals surface area (Å²) in [4.78, 5) is 23.6. The van der Waals surface area contributed by atoms with Gasteiger partial charge in [-0.1, -0.05) is 30.2 Å². The van der Waals surface area contributed by atoms with Gasteiger partial charge in [-0.25, -0.2) is 0 Å². The van der Waals surface area contributed by atoms with E-state index in [0.717, 1.165) is 5.56 Å². The predicted molar refractivity (Wildman–Crippen MR) is 93.0 cm³/mol. The molecule has 7 nitrogen and oxygen atoms in total. The summed E-state index contributed by atoms with van der Waals surface area (Å²) in [5.74, 6) is -0.137. The highest BCUT2D eigenvalue weighted by Gasteiger charge is 2.12. The Balaban J connectivity index is 1.66. The summed E-state index contributed by atoms with van der Waals surface area (Å²) in [5, 5.41) is 13.0. The Bertz CT molecular complexity index is 873. The van der Waals surface area contributed by atoms with Gasteiger partial charge in [-0.15, -0.1) is 5.10 Å². The van der Waals surface area contributed by atoms with Crippen molar-refractivity contribution in [3.05, 3.63) is 60.2 Å². The maximum atomic E-state index is 12.2. The fourth-order valence-corrected chi connectivity index (χ4v) is 2.09. The van der Waals surface area contributed by atoms with Gasteiger partial charge >= 0.3 is 6.01 Å². The fourth-order valence-electron chi connectivity index (χ4n) is 2.09. The number of carbonyl (C=O) groups excluding carboxylic acids is 2. The van der Waals surface area contributed by atoms with Crippen molar-refractivity contribution in [3.8, 4) is 11.5 Å². The first-order valence-electron chi connectivity index (χ1n) is 7.76. The van der Waals surface area contributed by atoms with Gasteiger partial charge in [-0.3, -0.25) is 14.9 Å². The summed E-state index contributed by atoms with van der Waals surface area (Å²) < 4.78 is 5.44. The Hall–Kier alpha value is -3.48. The maximum Gasteiger partial charge on any atom is 0.322 e. The van der Waals surface area contributed by atoms with Gasteiger partial charge in [0.25, 0.3) is 5.91 Å². The van der Waals surface area contributed by atoms with Crippen molar-refractivity contribution >= 4 is 23.5 Å². The van der Waals surface area contributed by atoms with Crippen LogP contribution in [0.5, 0.6) is 0 Å². The largest absolute Gasteiger partial charge is 0.403 e. The number of hydrogen-bond acceptors (Lipinski definition) is 5. The number of carbonyl (C=O) groups is 2. The minimum absolute atomic E-state index is 0.0206. The summed E-state index contributed by atoms with van der Waals surface area (Å²) in [6.07, 6.45) is 0.392. The number of benzene rings is 2. The van der Waals surface area contributed by atoms with Gasteiger partial charge in [0.1, 0.15) is 0 Å². The van der Waals surface area contributed by atoms with Crippen LogP contribution in [0.15, 0.2) is 59.0 Å². The third-order valence-electron chi connectivity index (χ3n) is 3.42. The lowest BCUT2D eigenvalue weighted by Crippen LogP contribution is -2.13. The van der Waals surface area contributed by atoms with Crippen molar-refractivity contribution in [2.75, 3.05) is 10.6 Å². The molecule has 3 aromatic rings. The van der Waals surface area contributed by atoms with E-state index in [4.69, 9.17) is 4.42 Å². The van der Waals surface area contributed by atoms with Crippen molar-refractivity contribution in [1.82, 2.24) is 10.2 Å². The van der Waals surface area contributed by atoms with Crippen molar-refractivity contribution < 1.29 is 14.0 Å². The van der Waals surface area contributed by atoms with E-state index >= 15 is 0 Å². The minimum Gasteiger partial charge on any atom is -0.403 e. The van der Waals surface area contributed by atoms with Crippen LogP contribution in [0, 0.1) is 0 Å². The van der Waals surface area contributed by atoms with Gasteiger partial charge in [-0.2, -0.15) is 0 Å². The van der Waals surface area contributed by atoms with Gasteiger partial charge in [0, 0.05) is 23.2 Å².